The lowest BCUT2D eigenvalue weighted by molar-refractivity contribution is 0.0524. The molecule has 1 fully saturated rings. The number of nitrogens with zero attached hydrogens (tertiary/aromatic N) is 3. The Labute approximate surface area is 207 Å². The molecule has 5 rings (SSSR count). The van der Waals surface area contributed by atoms with Crippen LogP contribution in [0.2, 0.25) is 0 Å². The average molecular weight is 494 g/mol. The number of aliphatic hydroxyl groups is 1. The van der Waals surface area contributed by atoms with E-state index in [2.05, 4.69) is 21.4 Å². The zero-order valence-electron chi connectivity index (χ0n) is 19.6. The predicted octanol–water partition coefficient (Wildman–Crippen LogP) is 4.78. The fourth-order valence-electron chi connectivity index (χ4n) is 4.68. The van der Waals surface area contributed by atoms with Gasteiger partial charge in [-0.25, -0.2) is 4.39 Å². The highest BCUT2D eigenvalue weighted by Gasteiger charge is 2.27. The Morgan fingerprint density at radius 1 is 1.20 bits per heavy atom. The van der Waals surface area contributed by atoms with Crippen molar-refractivity contribution in [2.75, 3.05) is 26.2 Å². The molecule has 1 aliphatic rings. The highest BCUT2D eigenvalue weighted by atomic mass is 32.1. The first-order valence-electron chi connectivity index (χ1n) is 11.8. The standard InChI is InChI=1S/C27H28FN3O3S/c1-30-24-11-14-35-27(24)25(29-30)20-3-2-4-23(15-20)34-17-22(32)16-31-12-9-19(10-13-31)26(33)18-5-7-21(28)8-6-18/h2-8,11,14-15,19,22,32H,9-10,12-13,16-17H2,1H3. The lowest BCUT2D eigenvalue weighted by atomic mass is 9.89. The normalized spacial score (nSPS) is 16.0. The summed E-state index contributed by atoms with van der Waals surface area (Å²) in [5.41, 5.74) is 3.58. The van der Waals surface area contributed by atoms with Crippen LogP contribution in [-0.2, 0) is 7.05 Å². The third-order valence-electron chi connectivity index (χ3n) is 6.56. The molecule has 1 atom stereocenters. The zero-order chi connectivity index (χ0) is 24.4. The number of aromatic nitrogens is 2. The second-order valence-electron chi connectivity index (χ2n) is 9.05. The molecule has 1 aliphatic heterocycles. The summed E-state index contributed by atoms with van der Waals surface area (Å²) in [6, 6.07) is 15.6. The first-order chi connectivity index (χ1) is 17.0. The van der Waals surface area contributed by atoms with E-state index in [0.29, 0.717) is 17.9 Å². The minimum atomic E-state index is -0.637. The second kappa shape index (κ2) is 10.3. The maximum absolute atomic E-state index is 13.1. The lowest BCUT2D eigenvalue weighted by Crippen LogP contribution is -2.42. The summed E-state index contributed by atoms with van der Waals surface area (Å²) in [6.07, 6.45) is 0.821. The SMILES string of the molecule is Cn1nc(-c2cccc(OCC(O)CN3CCC(C(=O)c4ccc(F)cc4)CC3)c2)c2sccc21. The van der Waals surface area contributed by atoms with Crippen LogP contribution < -0.4 is 4.74 Å². The van der Waals surface area contributed by atoms with Crippen LogP contribution in [0, 0.1) is 11.7 Å². The number of hydrogen-bond donors (Lipinski definition) is 1. The number of carbonyl (C=O) groups excluding carboxylic acids is 1. The summed E-state index contributed by atoms with van der Waals surface area (Å²) in [5.74, 6) is 0.367. The quantitative estimate of drug-likeness (QED) is 0.358. The van der Waals surface area contributed by atoms with Crippen molar-refractivity contribution >= 4 is 27.3 Å². The van der Waals surface area contributed by atoms with E-state index >= 15 is 0 Å². The summed E-state index contributed by atoms with van der Waals surface area (Å²) in [7, 11) is 1.94. The van der Waals surface area contributed by atoms with Gasteiger partial charge >= 0.3 is 0 Å². The number of aliphatic hydroxyl groups excluding tert-OH is 1. The van der Waals surface area contributed by atoms with Gasteiger partial charge in [-0.05, 0) is 73.8 Å². The van der Waals surface area contributed by atoms with Gasteiger partial charge in [0, 0.05) is 30.6 Å². The fourth-order valence-corrected chi connectivity index (χ4v) is 5.60. The molecule has 182 valence electrons. The molecular weight excluding hydrogens is 465 g/mol. The number of ether oxygens (including phenoxy) is 1. The predicted molar refractivity (Wildman–Crippen MR) is 135 cm³/mol. The number of thiophene rings is 1. The molecule has 4 aromatic rings. The number of likely N-dealkylation sites (tertiary alicyclic amines) is 1. The van der Waals surface area contributed by atoms with Crippen molar-refractivity contribution in [2.24, 2.45) is 13.0 Å². The van der Waals surface area contributed by atoms with E-state index < -0.39 is 6.10 Å². The number of hydrogen-bond acceptors (Lipinski definition) is 6. The molecule has 3 heterocycles. The van der Waals surface area contributed by atoms with Gasteiger partial charge < -0.3 is 14.7 Å². The molecule has 35 heavy (non-hydrogen) atoms. The van der Waals surface area contributed by atoms with Crippen LogP contribution in [0.4, 0.5) is 4.39 Å². The van der Waals surface area contributed by atoms with Crippen LogP contribution in [-0.4, -0.2) is 57.9 Å². The van der Waals surface area contributed by atoms with Gasteiger partial charge in [-0.1, -0.05) is 12.1 Å². The number of benzene rings is 2. The van der Waals surface area contributed by atoms with Gasteiger partial charge in [-0.15, -0.1) is 11.3 Å². The van der Waals surface area contributed by atoms with Crippen molar-refractivity contribution in [2.45, 2.75) is 18.9 Å². The van der Waals surface area contributed by atoms with Crippen molar-refractivity contribution in [1.82, 2.24) is 14.7 Å². The molecule has 1 saturated heterocycles. The monoisotopic (exact) mass is 493 g/mol. The molecule has 2 aromatic carbocycles. The maximum Gasteiger partial charge on any atom is 0.166 e. The van der Waals surface area contributed by atoms with Crippen LogP contribution >= 0.6 is 11.3 Å². The van der Waals surface area contributed by atoms with Gasteiger partial charge in [0.05, 0.1) is 10.2 Å². The number of carbonyl (C=O) groups is 1. The van der Waals surface area contributed by atoms with Crippen LogP contribution in [0.3, 0.4) is 0 Å². The number of piperidine rings is 1. The number of aryl methyl sites for hydroxylation is 1. The van der Waals surface area contributed by atoms with Gasteiger partial charge in [-0.3, -0.25) is 9.48 Å². The third-order valence-corrected chi connectivity index (χ3v) is 7.47. The molecule has 0 radical (unpaired) electrons. The number of halogens is 1. The summed E-state index contributed by atoms with van der Waals surface area (Å²) >= 11 is 1.67. The van der Waals surface area contributed by atoms with Crippen LogP contribution in [0.1, 0.15) is 23.2 Å². The van der Waals surface area contributed by atoms with Crippen molar-refractivity contribution < 1.29 is 19.0 Å². The molecule has 0 bridgehead atoms. The fraction of sp³-hybridized carbons (Fsp3) is 0.333. The lowest BCUT2D eigenvalue weighted by Gasteiger charge is -2.32. The van der Waals surface area contributed by atoms with E-state index in [4.69, 9.17) is 4.74 Å². The minimum absolute atomic E-state index is 0.0609. The van der Waals surface area contributed by atoms with E-state index in [1.165, 1.54) is 12.1 Å². The third kappa shape index (κ3) is 5.29. The smallest absolute Gasteiger partial charge is 0.166 e. The van der Waals surface area contributed by atoms with Gasteiger partial charge in [0.15, 0.2) is 5.78 Å². The summed E-state index contributed by atoms with van der Waals surface area (Å²) < 4.78 is 22.1. The average Bonchev–Trinajstić information content (AvgIpc) is 3.48. The zero-order valence-corrected chi connectivity index (χ0v) is 20.4. The van der Waals surface area contributed by atoms with Crippen LogP contribution in [0.25, 0.3) is 21.5 Å². The van der Waals surface area contributed by atoms with Gasteiger partial charge in [-0.2, -0.15) is 5.10 Å². The molecule has 0 saturated carbocycles. The van der Waals surface area contributed by atoms with E-state index in [0.717, 1.165) is 47.4 Å². The number of ketones is 1. The van der Waals surface area contributed by atoms with Gasteiger partial charge in [0.25, 0.3) is 0 Å². The van der Waals surface area contributed by atoms with Crippen molar-refractivity contribution in [3.63, 3.8) is 0 Å². The molecule has 8 heteroatoms. The Kier molecular flexibility index (Phi) is 6.95. The topological polar surface area (TPSA) is 67.6 Å². The van der Waals surface area contributed by atoms with Crippen LogP contribution in [0.5, 0.6) is 5.75 Å². The van der Waals surface area contributed by atoms with Gasteiger partial charge in [0.2, 0.25) is 0 Å². The molecular formula is C27H28FN3O3S. The minimum Gasteiger partial charge on any atom is -0.491 e. The number of fused-ring (bicyclic) bond motifs is 1. The molecule has 0 aliphatic carbocycles. The molecule has 6 nitrogen and oxygen atoms in total. The van der Waals surface area contributed by atoms with Crippen molar-refractivity contribution in [3.05, 3.63) is 71.4 Å². The molecule has 1 N–H and O–H groups in total. The first kappa shape index (κ1) is 23.7. The van der Waals surface area contributed by atoms with Crippen molar-refractivity contribution in [1.29, 1.82) is 0 Å². The largest absolute Gasteiger partial charge is 0.491 e. The first-order valence-corrected chi connectivity index (χ1v) is 12.7. The molecule has 1 unspecified atom stereocenters. The Balaban J connectivity index is 1.12. The summed E-state index contributed by atoms with van der Waals surface area (Å²) in [5, 5.41) is 17.3. The van der Waals surface area contributed by atoms with E-state index in [-0.39, 0.29) is 24.1 Å². The summed E-state index contributed by atoms with van der Waals surface area (Å²) in [4.78, 5) is 14.8. The maximum atomic E-state index is 13.1. The highest BCUT2D eigenvalue weighted by Crippen LogP contribution is 2.33. The number of β-amino-alcohol motifs (C(OH)–C–C–N with tert-alkyl or cyclic N) is 1. The Bertz CT molecular complexity index is 1310. The van der Waals surface area contributed by atoms with E-state index in [1.807, 2.05) is 36.0 Å². The molecule has 0 amide bonds. The van der Waals surface area contributed by atoms with Gasteiger partial charge in [0.1, 0.15) is 30.0 Å². The summed E-state index contributed by atoms with van der Waals surface area (Å²) in [6.45, 7) is 2.16. The molecule has 0 spiro atoms. The Hall–Kier alpha value is -3.07. The number of Topliss-reactive ketones (excluding diaryl/α,β-unsaturated/α-hetero) is 1. The van der Waals surface area contributed by atoms with Crippen molar-refractivity contribution in [3.8, 4) is 17.0 Å². The molecule has 2 aromatic heterocycles. The van der Waals surface area contributed by atoms with Crippen LogP contribution in [0.15, 0.2) is 60.0 Å². The van der Waals surface area contributed by atoms with E-state index in [1.54, 1.807) is 23.5 Å². The Morgan fingerprint density at radius 3 is 2.74 bits per heavy atom. The highest BCUT2D eigenvalue weighted by molar-refractivity contribution is 7.17. The number of rotatable bonds is 8. The Morgan fingerprint density at radius 2 is 1.97 bits per heavy atom. The second-order valence-corrected chi connectivity index (χ2v) is 9.96. The van der Waals surface area contributed by atoms with E-state index in [9.17, 15) is 14.3 Å².